The number of pyridine rings is 2. The molecule has 3 heterocycles. The number of unbranched alkanes of at least 4 members (excludes halogenated alkanes) is 1. The monoisotopic (exact) mass is 515 g/mol. The summed E-state index contributed by atoms with van der Waals surface area (Å²) in [4.78, 5) is 2.53. The second kappa shape index (κ2) is 11.3. The molecule has 0 unspecified atom stereocenters. The summed E-state index contributed by atoms with van der Waals surface area (Å²) >= 11 is 0.397. The van der Waals surface area contributed by atoms with Gasteiger partial charge in [0.1, 0.15) is 7.05 Å². The molecule has 5 rings (SSSR count). The smallest absolute Gasteiger partial charge is 0.00931 e. The van der Waals surface area contributed by atoms with Gasteiger partial charge in [-0.1, -0.05) is 13.5 Å². The molecule has 1 aliphatic heterocycles. The van der Waals surface area contributed by atoms with Crippen molar-refractivity contribution in [2.45, 2.75) is 26.8 Å². The van der Waals surface area contributed by atoms with Gasteiger partial charge in [0.2, 0.25) is 0 Å². The van der Waals surface area contributed by atoms with E-state index < -0.39 is 0 Å². The Labute approximate surface area is 210 Å². The first-order valence-electron chi connectivity index (χ1n) is 11.5. The molecule has 4 heteroatoms. The van der Waals surface area contributed by atoms with E-state index in [2.05, 4.69) is 119 Å². The molecule has 3 nitrogen and oxygen atoms in total. The van der Waals surface area contributed by atoms with Gasteiger partial charge in [-0.15, -0.1) is 0 Å². The van der Waals surface area contributed by atoms with Crippen LogP contribution in [0.1, 0.15) is 31.4 Å². The van der Waals surface area contributed by atoms with Gasteiger partial charge in [-0.3, -0.25) is 0 Å². The van der Waals surface area contributed by atoms with Crippen LogP contribution in [0.25, 0.3) is 12.2 Å². The maximum absolute atomic E-state index is 2.53. The Morgan fingerprint density at radius 2 is 1.24 bits per heavy atom. The fourth-order valence-corrected chi connectivity index (χ4v) is 6.43. The van der Waals surface area contributed by atoms with Crippen LogP contribution in [-0.2, 0) is 13.6 Å². The van der Waals surface area contributed by atoms with Crippen molar-refractivity contribution in [1.82, 2.24) is 0 Å². The van der Waals surface area contributed by atoms with Crippen LogP contribution in [0.2, 0.25) is 0 Å². The number of hydrogen-bond acceptors (Lipinski definition) is 1. The molecule has 0 spiro atoms. The molecular formula is C30H33N3Se+2. The number of fused-ring (bicyclic) bond motifs is 2. The van der Waals surface area contributed by atoms with Crippen LogP contribution in [0, 0.1) is 0 Å². The number of rotatable bonds is 7. The van der Waals surface area contributed by atoms with Crippen LogP contribution in [0.5, 0.6) is 0 Å². The quantitative estimate of drug-likeness (QED) is 0.205. The topological polar surface area (TPSA) is 11.0 Å². The SMILES string of the molecule is C.C[n+]1ccc(/C=C/c2cc[n+](CCCCN3c4ccccc4[Se]c4ccccc43)cc2)cc1. The van der Waals surface area contributed by atoms with E-state index in [0.29, 0.717) is 15.0 Å². The Balaban J connectivity index is 0.00000274. The van der Waals surface area contributed by atoms with Gasteiger partial charge < -0.3 is 0 Å². The minimum atomic E-state index is 0. The zero-order valence-corrected chi connectivity index (χ0v) is 20.7. The van der Waals surface area contributed by atoms with Crippen molar-refractivity contribution in [3.8, 4) is 0 Å². The third kappa shape index (κ3) is 5.64. The summed E-state index contributed by atoms with van der Waals surface area (Å²) in [6.45, 7) is 2.10. The minimum Gasteiger partial charge on any atom is 0.00931 e. The first kappa shape index (κ1) is 23.9. The van der Waals surface area contributed by atoms with Gasteiger partial charge >= 0.3 is 155 Å². The van der Waals surface area contributed by atoms with Gasteiger partial charge in [0.05, 0.1) is 0 Å². The first-order chi connectivity index (χ1) is 16.3. The summed E-state index contributed by atoms with van der Waals surface area (Å²) in [6.07, 6.45) is 15.2. The summed E-state index contributed by atoms with van der Waals surface area (Å²) in [5.41, 5.74) is 5.23. The van der Waals surface area contributed by atoms with Gasteiger partial charge in [-0.25, -0.2) is 4.57 Å². The predicted octanol–water partition coefficient (Wildman–Crippen LogP) is 4.19. The normalized spacial score (nSPS) is 12.2. The molecule has 2 aromatic heterocycles. The summed E-state index contributed by atoms with van der Waals surface area (Å²) in [6, 6.07) is 26.5. The first-order valence-corrected chi connectivity index (χ1v) is 13.2. The van der Waals surface area contributed by atoms with E-state index in [0.717, 1.165) is 25.9 Å². The molecule has 1 aliphatic rings. The second-order valence-electron chi connectivity index (χ2n) is 8.40. The van der Waals surface area contributed by atoms with Crippen molar-refractivity contribution in [1.29, 1.82) is 0 Å². The molecule has 0 N–H and O–H groups in total. The van der Waals surface area contributed by atoms with E-state index in [9.17, 15) is 0 Å². The molecule has 0 fully saturated rings. The summed E-state index contributed by atoms with van der Waals surface area (Å²) in [7, 11) is 2.04. The van der Waals surface area contributed by atoms with Crippen LogP contribution in [0.4, 0.5) is 11.4 Å². The number of anilines is 2. The van der Waals surface area contributed by atoms with E-state index >= 15 is 0 Å². The molecule has 172 valence electrons. The Bertz CT molecular complexity index is 1200. The van der Waals surface area contributed by atoms with E-state index in [-0.39, 0.29) is 7.43 Å². The van der Waals surface area contributed by atoms with Gasteiger partial charge in [-0.2, -0.15) is 0 Å². The van der Waals surface area contributed by atoms with Crippen LogP contribution >= 0.6 is 0 Å². The van der Waals surface area contributed by atoms with Gasteiger partial charge in [-0.05, 0) is 5.56 Å². The third-order valence-corrected chi connectivity index (χ3v) is 8.34. The Hall–Kier alpha value is -3.20. The summed E-state index contributed by atoms with van der Waals surface area (Å²) in [5, 5.41) is 0. The Kier molecular flexibility index (Phi) is 7.95. The van der Waals surface area contributed by atoms with Gasteiger partial charge in [0.15, 0.2) is 12.4 Å². The fourth-order valence-electron chi connectivity index (χ4n) is 4.13. The molecule has 4 aromatic rings. The number of benzene rings is 2. The minimum absolute atomic E-state index is 0. The van der Waals surface area contributed by atoms with E-state index in [1.54, 1.807) is 0 Å². The molecule has 0 bridgehead atoms. The average molecular weight is 515 g/mol. The fraction of sp³-hybridized carbons (Fsp3) is 0.200. The number of nitrogens with zero attached hydrogens (tertiary/aromatic N) is 3. The van der Waals surface area contributed by atoms with E-state index in [1.165, 1.54) is 31.4 Å². The average Bonchev–Trinajstić information content (AvgIpc) is 2.86. The zero-order valence-electron chi connectivity index (χ0n) is 19.0. The molecule has 2 aromatic carbocycles. The van der Waals surface area contributed by atoms with Gasteiger partial charge in [0, 0.05) is 12.1 Å². The van der Waals surface area contributed by atoms with Crippen molar-refractivity contribution in [2.24, 2.45) is 7.05 Å². The standard InChI is InChI=1S/C29H29N3Se.CH4/c1-30-20-14-24(15-21-30)12-13-25-16-22-31(23-17-25)18-6-7-19-32-26-8-2-4-10-28(26)33-29-11-5-3-9-27(29)32;/h2-5,8-17,20-23H,6-7,18-19H2,1H3;1H4/q+2;/b13-12+;. The largest absolute Gasteiger partial charge is 0.169 e. The summed E-state index contributed by atoms with van der Waals surface area (Å²) < 4.78 is 7.32. The Morgan fingerprint density at radius 3 is 1.82 bits per heavy atom. The Morgan fingerprint density at radius 1 is 0.706 bits per heavy atom. The van der Waals surface area contributed by atoms with Crippen molar-refractivity contribution in [3.63, 3.8) is 0 Å². The second-order valence-corrected chi connectivity index (χ2v) is 10.7. The summed E-state index contributed by atoms with van der Waals surface area (Å²) in [5.74, 6) is 0. The molecular weight excluding hydrogens is 481 g/mol. The maximum Gasteiger partial charge on any atom is 0.169 e. The predicted molar refractivity (Wildman–Crippen MR) is 144 cm³/mol. The molecule has 0 amide bonds. The van der Waals surface area contributed by atoms with Crippen molar-refractivity contribution < 1.29 is 9.13 Å². The number of hydrogen-bond donors (Lipinski definition) is 0. The molecule has 0 saturated carbocycles. The van der Waals surface area contributed by atoms with Crippen LogP contribution in [0.15, 0.2) is 97.6 Å². The van der Waals surface area contributed by atoms with Crippen molar-refractivity contribution in [2.75, 3.05) is 11.4 Å². The van der Waals surface area contributed by atoms with Crippen molar-refractivity contribution >= 4 is 47.4 Å². The van der Waals surface area contributed by atoms with Crippen LogP contribution in [0.3, 0.4) is 0 Å². The van der Waals surface area contributed by atoms with Crippen LogP contribution in [-0.4, -0.2) is 21.5 Å². The molecule has 0 atom stereocenters. The number of aromatic nitrogens is 2. The number of aryl methyl sites for hydroxylation is 2. The maximum atomic E-state index is 2.53. The van der Waals surface area contributed by atoms with Crippen LogP contribution < -0.4 is 23.0 Å². The van der Waals surface area contributed by atoms with E-state index in [4.69, 9.17) is 0 Å². The number of para-hydroxylation sites is 2. The molecule has 0 aliphatic carbocycles. The van der Waals surface area contributed by atoms with Gasteiger partial charge in [0.25, 0.3) is 0 Å². The van der Waals surface area contributed by atoms with Crippen molar-refractivity contribution in [3.05, 3.63) is 109 Å². The van der Waals surface area contributed by atoms with E-state index in [1.807, 2.05) is 11.6 Å². The molecule has 0 radical (unpaired) electrons. The molecule has 0 saturated heterocycles. The molecule has 34 heavy (non-hydrogen) atoms. The third-order valence-electron chi connectivity index (χ3n) is 5.97. The zero-order chi connectivity index (χ0) is 22.5.